The number of rotatable bonds is 6. The summed E-state index contributed by atoms with van der Waals surface area (Å²) >= 11 is 3.08. The zero-order chi connectivity index (χ0) is 16.4. The second kappa shape index (κ2) is 6.50. The van der Waals surface area contributed by atoms with E-state index in [1.165, 1.54) is 6.07 Å². The fourth-order valence-electron chi connectivity index (χ4n) is 1.67. The van der Waals surface area contributed by atoms with Crippen molar-refractivity contribution in [2.45, 2.75) is 24.8 Å². The molecule has 0 aliphatic carbocycles. The monoisotopic (exact) mass is 379 g/mol. The van der Waals surface area contributed by atoms with Gasteiger partial charge in [0, 0.05) is 16.6 Å². The fraction of sp³-hybridized carbons (Fsp3) is 0.364. The molecular weight excluding hydrogens is 366 g/mol. The van der Waals surface area contributed by atoms with Crippen LogP contribution in [0.2, 0.25) is 0 Å². The number of hydrogen-bond donors (Lipinski definition) is 1. The third-order valence-electron chi connectivity index (χ3n) is 2.59. The van der Waals surface area contributed by atoms with Gasteiger partial charge in [0.25, 0.3) is 15.7 Å². The van der Waals surface area contributed by atoms with E-state index in [4.69, 9.17) is 5.73 Å². The fourth-order valence-corrected chi connectivity index (χ4v) is 3.97. The van der Waals surface area contributed by atoms with E-state index in [1.807, 2.05) is 0 Å². The van der Waals surface area contributed by atoms with E-state index in [2.05, 4.69) is 15.9 Å². The van der Waals surface area contributed by atoms with Gasteiger partial charge in [0.15, 0.2) is 4.90 Å². The molecular formula is C11H14BrN3O5S. The molecule has 0 unspecified atom stereocenters. The van der Waals surface area contributed by atoms with E-state index in [9.17, 15) is 23.3 Å². The van der Waals surface area contributed by atoms with Gasteiger partial charge in [-0.2, -0.15) is 4.31 Å². The number of primary amides is 1. The van der Waals surface area contributed by atoms with Crippen LogP contribution in [0.1, 0.15) is 13.8 Å². The summed E-state index contributed by atoms with van der Waals surface area (Å²) in [5.74, 6) is -0.843. The largest absolute Gasteiger partial charge is 0.369 e. The average molecular weight is 380 g/mol. The highest BCUT2D eigenvalue weighted by atomic mass is 79.9. The minimum atomic E-state index is -4.23. The van der Waals surface area contributed by atoms with E-state index in [0.717, 1.165) is 16.4 Å². The van der Waals surface area contributed by atoms with Crippen molar-refractivity contribution in [1.29, 1.82) is 0 Å². The molecule has 0 aliphatic rings. The van der Waals surface area contributed by atoms with Gasteiger partial charge in [0.1, 0.15) is 0 Å². The number of nitro benzene ring substituents is 1. The Morgan fingerprint density at radius 1 is 1.48 bits per heavy atom. The number of benzene rings is 1. The summed E-state index contributed by atoms with van der Waals surface area (Å²) in [6.07, 6.45) is 0. The molecule has 0 fully saturated rings. The molecule has 1 rings (SSSR count). The number of nitrogens with two attached hydrogens (primary N) is 1. The molecule has 116 valence electrons. The van der Waals surface area contributed by atoms with Crippen LogP contribution >= 0.6 is 15.9 Å². The van der Waals surface area contributed by atoms with Gasteiger partial charge >= 0.3 is 0 Å². The van der Waals surface area contributed by atoms with Crippen molar-refractivity contribution >= 4 is 37.5 Å². The highest BCUT2D eigenvalue weighted by Crippen LogP contribution is 2.30. The van der Waals surface area contributed by atoms with Gasteiger partial charge in [-0.15, -0.1) is 0 Å². The van der Waals surface area contributed by atoms with Crippen LogP contribution in [-0.4, -0.2) is 36.1 Å². The lowest BCUT2D eigenvalue weighted by atomic mass is 10.3. The summed E-state index contributed by atoms with van der Waals surface area (Å²) in [5.41, 5.74) is 4.48. The maximum Gasteiger partial charge on any atom is 0.289 e. The summed E-state index contributed by atoms with van der Waals surface area (Å²) in [6, 6.07) is 3.00. The second-order valence-corrected chi connectivity index (χ2v) is 7.25. The van der Waals surface area contributed by atoms with Gasteiger partial charge in [-0.25, -0.2) is 8.42 Å². The molecule has 10 heteroatoms. The lowest BCUT2D eigenvalue weighted by molar-refractivity contribution is -0.387. The van der Waals surface area contributed by atoms with Gasteiger partial charge in [-0.1, -0.05) is 15.9 Å². The minimum Gasteiger partial charge on any atom is -0.369 e. The first-order chi connectivity index (χ1) is 9.57. The highest BCUT2D eigenvalue weighted by Gasteiger charge is 2.34. The molecule has 21 heavy (non-hydrogen) atoms. The first-order valence-corrected chi connectivity index (χ1v) is 8.04. The van der Waals surface area contributed by atoms with E-state index < -0.39 is 44.0 Å². The molecule has 0 saturated heterocycles. The van der Waals surface area contributed by atoms with E-state index in [-0.39, 0.29) is 0 Å². The molecule has 1 aromatic rings. The third kappa shape index (κ3) is 3.99. The van der Waals surface area contributed by atoms with E-state index >= 15 is 0 Å². The zero-order valence-corrected chi connectivity index (χ0v) is 13.7. The van der Waals surface area contributed by atoms with Crippen molar-refractivity contribution in [3.05, 3.63) is 32.8 Å². The van der Waals surface area contributed by atoms with Crippen molar-refractivity contribution in [2.24, 2.45) is 5.73 Å². The lowest BCUT2D eigenvalue weighted by Crippen LogP contribution is -2.42. The second-order valence-electron chi connectivity index (χ2n) is 4.48. The topological polar surface area (TPSA) is 124 Å². The van der Waals surface area contributed by atoms with Gasteiger partial charge < -0.3 is 5.73 Å². The molecule has 0 atom stereocenters. The third-order valence-corrected chi connectivity index (χ3v) is 5.14. The maximum absolute atomic E-state index is 12.6. The number of halogens is 1. The van der Waals surface area contributed by atoms with Crippen LogP contribution in [0.4, 0.5) is 5.69 Å². The Hall–Kier alpha value is -1.52. The predicted octanol–water partition coefficient (Wildman–Crippen LogP) is 1.24. The zero-order valence-electron chi connectivity index (χ0n) is 11.3. The normalized spacial score (nSPS) is 11.9. The highest BCUT2D eigenvalue weighted by molar-refractivity contribution is 9.10. The average Bonchev–Trinajstić information content (AvgIpc) is 2.34. The predicted molar refractivity (Wildman–Crippen MR) is 79.0 cm³/mol. The molecule has 0 aliphatic heterocycles. The van der Waals surface area contributed by atoms with Gasteiger partial charge in [0.2, 0.25) is 5.91 Å². The van der Waals surface area contributed by atoms with E-state index in [1.54, 1.807) is 13.8 Å². The Kier molecular flexibility index (Phi) is 5.42. The number of carbonyl (C=O) groups excluding carboxylic acids is 1. The van der Waals surface area contributed by atoms with Crippen LogP contribution in [0.5, 0.6) is 0 Å². The summed E-state index contributed by atoms with van der Waals surface area (Å²) in [6.45, 7) is 2.54. The minimum absolute atomic E-state index is 0.370. The number of hydrogen-bond acceptors (Lipinski definition) is 5. The quantitative estimate of drug-likeness (QED) is 0.587. The summed E-state index contributed by atoms with van der Waals surface area (Å²) < 4.78 is 26.4. The SMILES string of the molecule is CC(C)N(CC(N)=O)S(=O)(=O)c1cc(Br)ccc1[N+](=O)[O-]. The number of carbonyl (C=O) groups is 1. The number of sulfonamides is 1. The van der Waals surface area contributed by atoms with Crippen LogP contribution < -0.4 is 5.73 Å². The van der Waals surface area contributed by atoms with Crippen molar-refractivity contribution < 1.29 is 18.1 Å². The Morgan fingerprint density at radius 2 is 2.05 bits per heavy atom. The Balaban J connectivity index is 3.51. The molecule has 0 saturated carbocycles. The van der Waals surface area contributed by atoms with Crippen molar-refractivity contribution in [3.63, 3.8) is 0 Å². The van der Waals surface area contributed by atoms with Crippen LogP contribution in [0.3, 0.4) is 0 Å². The molecule has 0 aromatic heterocycles. The first kappa shape index (κ1) is 17.5. The van der Waals surface area contributed by atoms with Crippen LogP contribution in [0.15, 0.2) is 27.6 Å². The van der Waals surface area contributed by atoms with Gasteiger partial charge in [-0.3, -0.25) is 14.9 Å². The van der Waals surface area contributed by atoms with Crippen LogP contribution in [0.25, 0.3) is 0 Å². The summed E-state index contributed by atoms with van der Waals surface area (Å²) in [5, 5.41) is 11.0. The van der Waals surface area contributed by atoms with Gasteiger partial charge in [0.05, 0.1) is 11.5 Å². The standard InChI is InChI=1S/C11H14BrN3O5S/c1-7(2)14(6-11(13)16)21(19,20)10-5-8(12)3-4-9(10)15(17)18/h3-5,7H,6H2,1-2H3,(H2,13,16). The molecule has 1 amide bonds. The smallest absolute Gasteiger partial charge is 0.289 e. The summed E-state index contributed by atoms with van der Waals surface area (Å²) in [7, 11) is -4.23. The number of amides is 1. The molecule has 0 spiro atoms. The molecule has 0 radical (unpaired) electrons. The Morgan fingerprint density at radius 3 is 2.48 bits per heavy atom. The molecule has 2 N–H and O–H groups in total. The van der Waals surface area contributed by atoms with Crippen LogP contribution in [0, 0.1) is 10.1 Å². The molecule has 0 heterocycles. The number of nitro groups is 1. The molecule has 1 aromatic carbocycles. The maximum atomic E-state index is 12.6. The number of nitrogens with zero attached hydrogens (tertiary/aromatic N) is 2. The molecule has 0 bridgehead atoms. The Bertz CT molecular complexity index is 674. The lowest BCUT2D eigenvalue weighted by Gasteiger charge is -2.24. The van der Waals surface area contributed by atoms with Crippen LogP contribution in [-0.2, 0) is 14.8 Å². The van der Waals surface area contributed by atoms with Crippen molar-refractivity contribution in [1.82, 2.24) is 4.31 Å². The molecule has 8 nitrogen and oxygen atoms in total. The first-order valence-electron chi connectivity index (χ1n) is 5.81. The van der Waals surface area contributed by atoms with Crippen molar-refractivity contribution in [3.8, 4) is 0 Å². The van der Waals surface area contributed by atoms with Crippen molar-refractivity contribution in [2.75, 3.05) is 6.54 Å². The summed E-state index contributed by atoms with van der Waals surface area (Å²) in [4.78, 5) is 20.8. The Labute approximate surface area is 130 Å². The van der Waals surface area contributed by atoms with E-state index in [0.29, 0.717) is 4.47 Å². The van der Waals surface area contributed by atoms with Gasteiger partial charge in [-0.05, 0) is 26.0 Å².